The van der Waals surface area contributed by atoms with Crippen molar-refractivity contribution >= 4 is 33.0 Å². The highest BCUT2D eigenvalue weighted by molar-refractivity contribution is 7.89. The normalized spacial score (nSPS) is 17.5. The average Bonchev–Trinajstić information content (AvgIpc) is 2.85. The highest BCUT2D eigenvalue weighted by Gasteiger charge is 2.28. The van der Waals surface area contributed by atoms with Gasteiger partial charge in [0.05, 0.1) is 47.6 Å². The Morgan fingerprint density at radius 2 is 1.64 bits per heavy atom. The molecule has 0 unspecified atom stereocenters. The molecule has 12 heteroatoms. The summed E-state index contributed by atoms with van der Waals surface area (Å²) in [5.41, 5.74) is 0.846. The van der Waals surface area contributed by atoms with Gasteiger partial charge in [-0.15, -0.1) is 0 Å². The number of carbonyl (C=O) groups is 1. The summed E-state index contributed by atoms with van der Waals surface area (Å²) in [5.74, 6) is -0.575. The lowest BCUT2D eigenvalue weighted by atomic mass is 10.1. The van der Waals surface area contributed by atoms with Crippen LogP contribution in [0.4, 0.5) is 17.1 Å². The van der Waals surface area contributed by atoms with E-state index in [-0.39, 0.29) is 29.2 Å². The van der Waals surface area contributed by atoms with Crippen LogP contribution in [0.15, 0.2) is 47.4 Å². The number of ether oxygens (including phenoxy) is 2. The fourth-order valence-electron chi connectivity index (χ4n) is 3.75. The van der Waals surface area contributed by atoms with E-state index in [1.54, 1.807) is 6.07 Å². The van der Waals surface area contributed by atoms with Gasteiger partial charge in [0.25, 0.3) is 11.6 Å². The van der Waals surface area contributed by atoms with Gasteiger partial charge >= 0.3 is 0 Å². The van der Waals surface area contributed by atoms with Gasteiger partial charge in [-0.1, -0.05) is 6.07 Å². The molecule has 0 bridgehead atoms. The number of non-ortho nitro benzene ring substituents is 1. The molecule has 2 aromatic rings. The minimum absolute atomic E-state index is 0.0516. The number of anilines is 2. The van der Waals surface area contributed by atoms with Gasteiger partial charge in [-0.3, -0.25) is 14.9 Å². The number of hydrogen-bond donors (Lipinski definition) is 1. The number of morpholine rings is 2. The highest BCUT2D eigenvalue weighted by Crippen LogP contribution is 2.31. The number of benzene rings is 2. The molecule has 11 nitrogen and oxygen atoms in total. The molecule has 2 heterocycles. The quantitative estimate of drug-likeness (QED) is 0.492. The number of rotatable bonds is 6. The van der Waals surface area contributed by atoms with Crippen molar-refractivity contribution in [2.45, 2.75) is 4.90 Å². The van der Waals surface area contributed by atoms with Gasteiger partial charge in [0.1, 0.15) is 0 Å². The van der Waals surface area contributed by atoms with Gasteiger partial charge in [-0.05, 0) is 24.3 Å². The number of nitrogens with one attached hydrogen (secondary N) is 1. The van der Waals surface area contributed by atoms with Crippen LogP contribution in [-0.2, 0) is 19.5 Å². The van der Waals surface area contributed by atoms with Crippen molar-refractivity contribution in [3.8, 4) is 0 Å². The van der Waals surface area contributed by atoms with Crippen LogP contribution in [0.25, 0.3) is 0 Å². The van der Waals surface area contributed by atoms with Gasteiger partial charge in [0.15, 0.2) is 0 Å². The van der Waals surface area contributed by atoms with Crippen LogP contribution in [0.5, 0.6) is 0 Å². The summed E-state index contributed by atoms with van der Waals surface area (Å²) < 4.78 is 38.3. The summed E-state index contributed by atoms with van der Waals surface area (Å²) in [7, 11) is -3.78. The van der Waals surface area contributed by atoms with E-state index < -0.39 is 20.9 Å². The van der Waals surface area contributed by atoms with Crippen molar-refractivity contribution < 1.29 is 27.6 Å². The molecule has 0 radical (unpaired) electrons. The van der Waals surface area contributed by atoms with Crippen LogP contribution in [0.3, 0.4) is 0 Å². The monoisotopic (exact) mass is 476 g/mol. The van der Waals surface area contributed by atoms with Crippen molar-refractivity contribution in [2.75, 3.05) is 62.8 Å². The Hall–Kier alpha value is -3.06. The molecule has 1 amide bonds. The lowest BCUT2D eigenvalue weighted by Gasteiger charge is -2.31. The molecule has 0 saturated carbocycles. The number of amides is 1. The van der Waals surface area contributed by atoms with Gasteiger partial charge in [0, 0.05) is 43.9 Å². The first-order valence-corrected chi connectivity index (χ1v) is 11.9. The summed E-state index contributed by atoms with van der Waals surface area (Å²) in [6, 6.07) is 10.00. The molecule has 176 valence electrons. The summed E-state index contributed by atoms with van der Waals surface area (Å²) in [5, 5.41) is 13.8. The van der Waals surface area contributed by atoms with Crippen molar-refractivity contribution in [3.05, 3.63) is 58.1 Å². The molecule has 2 aromatic carbocycles. The van der Waals surface area contributed by atoms with Crippen LogP contribution in [0.1, 0.15) is 10.4 Å². The van der Waals surface area contributed by atoms with Crippen molar-refractivity contribution in [1.82, 2.24) is 4.31 Å². The zero-order valence-corrected chi connectivity index (χ0v) is 18.6. The second-order valence-corrected chi connectivity index (χ2v) is 9.49. The predicted molar refractivity (Wildman–Crippen MR) is 120 cm³/mol. The molecule has 4 rings (SSSR count). The molecule has 2 fully saturated rings. The standard InChI is InChI=1S/C21H24N4O7S/c26-21(16-2-1-3-17(14-16)25(27)28)22-19-15-18(33(29,30)24-8-12-32-13-9-24)4-5-20(19)23-6-10-31-11-7-23/h1-5,14-15H,6-13H2,(H,22,26). The number of sulfonamides is 1. The Kier molecular flexibility index (Phi) is 6.88. The van der Waals surface area contributed by atoms with Crippen LogP contribution >= 0.6 is 0 Å². The molecule has 33 heavy (non-hydrogen) atoms. The van der Waals surface area contributed by atoms with Crippen LogP contribution in [-0.4, -0.2) is 76.2 Å². The molecule has 1 N–H and O–H groups in total. The van der Waals surface area contributed by atoms with Gasteiger partial charge in [0.2, 0.25) is 10.0 Å². The number of nitro benzene ring substituents is 1. The topological polar surface area (TPSA) is 131 Å². The number of carbonyl (C=O) groups excluding carboxylic acids is 1. The molecule has 2 saturated heterocycles. The third kappa shape index (κ3) is 5.14. The molecule has 0 aromatic heterocycles. The number of nitro groups is 1. The number of hydrogen-bond acceptors (Lipinski definition) is 8. The minimum atomic E-state index is -3.78. The van der Waals surface area contributed by atoms with Gasteiger partial charge in [-0.2, -0.15) is 4.31 Å². The summed E-state index contributed by atoms with van der Waals surface area (Å²) >= 11 is 0. The summed E-state index contributed by atoms with van der Waals surface area (Å²) in [4.78, 5) is 25.5. The summed E-state index contributed by atoms with van der Waals surface area (Å²) in [6.07, 6.45) is 0. The minimum Gasteiger partial charge on any atom is -0.379 e. The predicted octanol–water partition coefficient (Wildman–Crippen LogP) is 1.70. The van der Waals surface area contributed by atoms with E-state index in [0.29, 0.717) is 50.9 Å². The van der Waals surface area contributed by atoms with Crippen LogP contribution in [0, 0.1) is 10.1 Å². The van der Waals surface area contributed by atoms with E-state index >= 15 is 0 Å². The Morgan fingerprint density at radius 3 is 2.30 bits per heavy atom. The fourth-order valence-corrected chi connectivity index (χ4v) is 5.18. The third-order valence-corrected chi connectivity index (χ3v) is 7.39. The molecule has 2 aliphatic rings. The maximum absolute atomic E-state index is 13.2. The first kappa shape index (κ1) is 23.1. The second-order valence-electron chi connectivity index (χ2n) is 7.56. The van der Waals surface area contributed by atoms with Gasteiger partial charge < -0.3 is 19.7 Å². The SMILES string of the molecule is O=C(Nc1cc(S(=O)(=O)N2CCOCC2)ccc1N1CCOCC1)c1cccc([N+](=O)[O-])c1. The zero-order valence-electron chi connectivity index (χ0n) is 17.8. The number of nitrogens with zero attached hydrogens (tertiary/aromatic N) is 3. The molecule has 0 atom stereocenters. The van der Waals surface area contributed by atoms with Gasteiger partial charge in [-0.25, -0.2) is 8.42 Å². The van der Waals surface area contributed by atoms with Crippen LogP contribution in [0.2, 0.25) is 0 Å². The molecular weight excluding hydrogens is 452 g/mol. The van der Waals surface area contributed by atoms with E-state index in [4.69, 9.17) is 9.47 Å². The zero-order chi connectivity index (χ0) is 23.4. The summed E-state index contributed by atoms with van der Waals surface area (Å²) in [6.45, 7) is 3.32. The molecule has 2 aliphatic heterocycles. The lowest BCUT2D eigenvalue weighted by molar-refractivity contribution is -0.384. The van der Waals surface area contributed by atoms with E-state index in [1.807, 2.05) is 4.90 Å². The fraction of sp³-hybridized carbons (Fsp3) is 0.381. The van der Waals surface area contributed by atoms with E-state index in [2.05, 4.69) is 5.32 Å². The average molecular weight is 477 g/mol. The van der Waals surface area contributed by atoms with Crippen LogP contribution < -0.4 is 10.2 Å². The van der Waals surface area contributed by atoms with E-state index in [1.165, 1.54) is 40.7 Å². The Labute approximate surface area is 191 Å². The molecular formula is C21H24N4O7S. The van der Waals surface area contributed by atoms with Crippen molar-refractivity contribution in [2.24, 2.45) is 0 Å². The first-order valence-electron chi connectivity index (χ1n) is 10.5. The highest BCUT2D eigenvalue weighted by atomic mass is 32.2. The maximum atomic E-state index is 13.2. The maximum Gasteiger partial charge on any atom is 0.270 e. The lowest BCUT2D eigenvalue weighted by Crippen LogP contribution is -2.40. The smallest absolute Gasteiger partial charge is 0.270 e. The Morgan fingerprint density at radius 1 is 0.970 bits per heavy atom. The van der Waals surface area contributed by atoms with Crippen molar-refractivity contribution in [1.29, 1.82) is 0 Å². The second kappa shape index (κ2) is 9.83. The molecule has 0 spiro atoms. The molecule has 0 aliphatic carbocycles. The van der Waals surface area contributed by atoms with Crippen molar-refractivity contribution in [3.63, 3.8) is 0 Å². The first-order chi connectivity index (χ1) is 15.9. The van der Waals surface area contributed by atoms with E-state index in [0.717, 1.165) is 0 Å². The Balaban J connectivity index is 1.68. The third-order valence-electron chi connectivity index (χ3n) is 5.49. The largest absolute Gasteiger partial charge is 0.379 e. The van der Waals surface area contributed by atoms with E-state index in [9.17, 15) is 23.3 Å². The Bertz CT molecular complexity index is 1140.